The number of hydrogen-bond donors (Lipinski definition) is 1. The Kier molecular flexibility index (Phi) is 2.79. The lowest BCUT2D eigenvalue weighted by atomic mass is 10.1. The lowest BCUT2D eigenvalue weighted by Gasteiger charge is -2.00. The van der Waals surface area contributed by atoms with Crippen LogP contribution in [0.25, 0.3) is 11.0 Å². The molecule has 0 radical (unpaired) electrons. The fourth-order valence-corrected chi connectivity index (χ4v) is 2.09. The van der Waals surface area contributed by atoms with E-state index in [1.807, 2.05) is 25.1 Å². The number of carbonyl (C=O) groups excluding carboxylic acids is 1. The molecule has 0 bridgehead atoms. The zero-order chi connectivity index (χ0) is 14.3. The first-order valence-corrected chi connectivity index (χ1v) is 6.14. The molecule has 0 spiro atoms. The molecule has 4 heteroatoms. The predicted molar refractivity (Wildman–Crippen MR) is 75.2 cm³/mol. The average Bonchev–Trinajstić information content (AvgIpc) is 2.84. The number of fused-ring (bicyclic) bond motifs is 1. The topological polar surface area (TPSA) is 56.2 Å². The summed E-state index contributed by atoms with van der Waals surface area (Å²) in [6.07, 6.45) is 0. The molecule has 2 N–H and O–H groups in total. The van der Waals surface area contributed by atoms with Crippen LogP contribution in [0.2, 0.25) is 0 Å². The van der Waals surface area contributed by atoms with Crippen LogP contribution in [-0.4, -0.2) is 5.78 Å². The standard InChI is InChI=1S/C16H12FNO2/c1-9-2-5-14-11(6-9)8-15(20-14)16(19)10-3-4-13(18)12(17)7-10/h2-8H,18H2,1H3. The van der Waals surface area contributed by atoms with Gasteiger partial charge in [-0.15, -0.1) is 0 Å². The van der Waals surface area contributed by atoms with Gasteiger partial charge < -0.3 is 10.2 Å². The Morgan fingerprint density at radius 3 is 2.70 bits per heavy atom. The fourth-order valence-electron chi connectivity index (χ4n) is 2.09. The molecule has 0 fully saturated rings. The summed E-state index contributed by atoms with van der Waals surface area (Å²) in [5, 5.41) is 0.851. The van der Waals surface area contributed by atoms with Gasteiger partial charge in [0.25, 0.3) is 0 Å². The first-order valence-electron chi connectivity index (χ1n) is 6.14. The van der Waals surface area contributed by atoms with Crippen molar-refractivity contribution in [3.05, 3.63) is 65.2 Å². The number of carbonyl (C=O) groups is 1. The highest BCUT2D eigenvalue weighted by Gasteiger charge is 2.16. The Balaban J connectivity index is 2.05. The van der Waals surface area contributed by atoms with Crippen LogP contribution < -0.4 is 5.73 Å². The van der Waals surface area contributed by atoms with Gasteiger partial charge in [-0.2, -0.15) is 0 Å². The molecule has 1 aromatic heterocycles. The Bertz CT molecular complexity index is 820. The van der Waals surface area contributed by atoms with E-state index in [1.54, 1.807) is 6.07 Å². The molecule has 0 atom stereocenters. The van der Waals surface area contributed by atoms with E-state index >= 15 is 0 Å². The number of rotatable bonds is 2. The summed E-state index contributed by atoms with van der Waals surface area (Å²) in [6, 6.07) is 11.3. The minimum absolute atomic E-state index is 0.0155. The lowest BCUT2D eigenvalue weighted by Crippen LogP contribution is -2.01. The van der Waals surface area contributed by atoms with Crippen molar-refractivity contribution in [2.45, 2.75) is 6.92 Å². The molecule has 0 aliphatic rings. The van der Waals surface area contributed by atoms with Gasteiger partial charge in [-0.25, -0.2) is 4.39 Å². The third-order valence-corrected chi connectivity index (χ3v) is 3.16. The maximum Gasteiger partial charge on any atom is 0.228 e. The number of halogens is 1. The molecule has 100 valence electrons. The normalized spacial score (nSPS) is 10.9. The zero-order valence-corrected chi connectivity index (χ0v) is 10.8. The number of hydrogen-bond acceptors (Lipinski definition) is 3. The quantitative estimate of drug-likeness (QED) is 0.570. The van der Waals surface area contributed by atoms with Crippen molar-refractivity contribution in [2.24, 2.45) is 0 Å². The summed E-state index contributed by atoms with van der Waals surface area (Å²) in [6.45, 7) is 1.96. The van der Waals surface area contributed by atoms with Crippen LogP contribution in [0.3, 0.4) is 0 Å². The van der Waals surface area contributed by atoms with Crippen molar-refractivity contribution in [3.63, 3.8) is 0 Å². The Morgan fingerprint density at radius 2 is 1.95 bits per heavy atom. The Labute approximate surface area is 114 Å². The fraction of sp³-hybridized carbons (Fsp3) is 0.0625. The van der Waals surface area contributed by atoms with E-state index in [0.29, 0.717) is 5.58 Å². The van der Waals surface area contributed by atoms with Crippen LogP contribution in [0.1, 0.15) is 21.7 Å². The summed E-state index contributed by atoms with van der Waals surface area (Å²) in [7, 11) is 0. The lowest BCUT2D eigenvalue weighted by molar-refractivity contribution is 0.101. The van der Waals surface area contributed by atoms with Crippen molar-refractivity contribution < 1.29 is 13.6 Å². The first-order chi connectivity index (χ1) is 9.54. The van der Waals surface area contributed by atoms with Crippen molar-refractivity contribution in [1.29, 1.82) is 0 Å². The zero-order valence-electron chi connectivity index (χ0n) is 10.8. The van der Waals surface area contributed by atoms with Gasteiger partial charge in [0, 0.05) is 10.9 Å². The molecule has 3 nitrogen and oxygen atoms in total. The number of nitrogens with two attached hydrogens (primary N) is 1. The Hall–Kier alpha value is -2.62. The maximum atomic E-state index is 13.4. The number of nitrogen functional groups attached to an aromatic ring is 1. The monoisotopic (exact) mass is 269 g/mol. The van der Waals surface area contributed by atoms with E-state index in [2.05, 4.69) is 0 Å². The molecular weight excluding hydrogens is 257 g/mol. The average molecular weight is 269 g/mol. The minimum atomic E-state index is -0.609. The number of aryl methyl sites for hydroxylation is 1. The van der Waals surface area contributed by atoms with Gasteiger partial charge in [-0.1, -0.05) is 11.6 Å². The van der Waals surface area contributed by atoms with E-state index in [0.717, 1.165) is 17.0 Å². The van der Waals surface area contributed by atoms with Crippen LogP contribution >= 0.6 is 0 Å². The third-order valence-electron chi connectivity index (χ3n) is 3.16. The second-order valence-electron chi connectivity index (χ2n) is 4.72. The predicted octanol–water partition coefficient (Wildman–Crippen LogP) is 3.69. The molecule has 1 heterocycles. The number of anilines is 1. The van der Waals surface area contributed by atoms with Gasteiger partial charge in [0.2, 0.25) is 5.78 Å². The van der Waals surface area contributed by atoms with E-state index in [-0.39, 0.29) is 22.8 Å². The van der Waals surface area contributed by atoms with Crippen LogP contribution in [0.5, 0.6) is 0 Å². The Morgan fingerprint density at radius 1 is 1.15 bits per heavy atom. The van der Waals surface area contributed by atoms with Crippen molar-refractivity contribution >= 4 is 22.4 Å². The largest absolute Gasteiger partial charge is 0.453 e. The summed E-state index contributed by atoms with van der Waals surface area (Å²) >= 11 is 0. The summed E-state index contributed by atoms with van der Waals surface area (Å²) in [5.41, 5.74) is 7.34. The minimum Gasteiger partial charge on any atom is -0.453 e. The SMILES string of the molecule is Cc1ccc2oc(C(=O)c3ccc(N)c(F)c3)cc2c1. The number of furan rings is 1. The van der Waals surface area contributed by atoms with Crippen molar-refractivity contribution in [2.75, 3.05) is 5.73 Å². The second-order valence-corrected chi connectivity index (χ2v) is 4.72. The maximum absolute atomic E-state index is 13.4. The molecule has 0 aliphatic carbocycles. The van der Waals surface area contributed by atoms with Gasteiger partial charge in [0.1, 0.15) is 11.4 Å². The number of benzene rings is 2. The summed E-state index contributed by atoms with van der Waals surface area (Å²) in [4.78, 5) is 12.3. The van der Waals surface area contributed by atoms with E-state index < -0.39 is 5.82 Å². The van der Waals surface area contributed by atoms with Gasteiger partial charge in [-0.3, -0.25) is 4.79 Å². The van der Waals surface area contributed by atoms with Crippen LogP contribution in [0, 0.1) is 12.7 Å². The van der Waals surface area contributed by atoms with Gasteiger partial charge in [-0.05, 0) is 43.3 Å². The van der Waals surface area contributed by atoms with Gasteiger partial charge in [0.05, 0.1) is 5.69 Å². The van der Waals surface area contributed by atoms with E-state index in [1.165, 1.54) is 12.1 Å². The second kappa shape index (κ2) is 4.49. The highest BCUT2D eigenvalue weighted by molar-refractivity contribution is 6.09. The van der Waals surface area contributed by atoms with Crippen LogP contribution in [0.4, 0.5) is 10.1 Å². The van der Waals surface area contributed by atoms with Crippen LogP contribution in [0.15, 0.2) is 46.9 Å². The first kappa shape index (κ1) is 12.4. The highest BCUT2D eigenvalue weighted by Crippen LogP contribution is 2.23. The third kappa shape index (κ3) is 2.05. The molecule has 0 saturated carbocycles. The van der Waals surface area contributed by atoms with E-state index in [4.69, 9.17) is 10.2 Å². The molecule has 3 rings (SSSR count). The highest BCUT2D eigenvalue weighted by atomic mass is 19.1. The number of ketones is 1. The molecule has 3 aromatic rings. The van der Waals surface area contributed by atoms with Crippen LogP contribution in [-0.2, 0) is 0 Å². The van der Waals surface area contributed by atoms with Gasteiger partial charge in [0.15, 0.2) is 5.76 Å². The summed E-state index contributed by atoms with van der Waals surface area (Å²) < 4.78 is 18.9. The molecule has 0 aliphatic heterocycles. The van der Waals surface area contributed by atoms with Crippen molar-refractivity contribution in [3.8, 4) is 0 Å². The molecular formula is C16H12FNO2. The van der Waals surface area contributed by atoms with E-state index in [9.17, 15) is 9.18 Å². The van der Waals surface area contributed by atoms with Gasteiger partial charge >= 0.3 is 0 Å². The molecule has 0 unspecified atom stereocenters. The molecule has 20 heavy (non-hydrogen) atoms. The van der Waals surface area contributed by atoms with Crippen molar-refractivity contribution in [1.82, 2.24) is 0 Å². The summed E-state index contributed by atoms with van der Waals surface area (Å²) in [5.74, 6) is -0.782. The molecule has 0 saturated heterocycles. The molecule has 2 aromatic carbocycles. The smallest absolute Gasteiger partial charge is 0.228 e. The molecule has 0 amide bonds.